The second kappa shape index (κ2) is 9.49. The number of anilines is 1. The summed E-state index contributed by atoms with van der Waals surface area (Å²) >= 11 is 0. The summed E-state index contributed by atoms with van der Waals surface area (Å²) in [6.07, 6.45) is 4.39. The van der Waals surface area contributed by atoms with Crippen LogP contribution in [0.25, 0.3) is 0 Å². The second-order valence-corrected chi connectivity index (χ2v) is 8.36. The van der Waals surface area contributed by atoms with E-state index in [1.807, 2.05) is 19.1 Å². The lowest BCUT2D eigenvalue weighted by Gasteiger charge is -2.22. The zero-order valence-electron chi connectivity index (χ0n) is 19.0. The average Bonchev–Trinajstić information content (AvgIpc) is 3.12. The largest absolute Gasteiger partial charge is 0.490 e. The molecule has 1 heterocycles. The Balaban J connectivity index is 1.41. The molecule has 0 N–H and O–H groups in total. The molecule has 3 atom stereocenters. The smallest absolute Gasteiger partial charge is 0.338 e. The van der Waals surface area contributed by atoms with Crippen molar-refractivity contribution in [1.29, 1.82) is 0 Å². The molecule has 1 fully saturated rings. The summed E-state index contributed by atoms with van der Waals surface area (Å²) in [5.74, 6) is -2.74. The van der Waals surface area contributed by atoms with E-state index in [1.54, 1.807) is 0 Å². The number of hydrogen-bond donors (Lipinski definition) is 0. The predicted octanol–water partition coefficient (Wildman–Crippen LogP) is 3.34. The van der Waals surface area contributed by atoms with Crippen LogP contribution in [-0.4, -0.2) is 42.2 Å². The van der Waals surface area contributed by atoms with Gasteiger partial charge in [-0.15, -0.1) is 0 Å². The second-order valence-electron chi connectivity index (χ2n) is 8.36. The number of nitro groups is 1. The number of methoxy groups -OCH3 is 1. The highest BCUT2D eigenvalue weighted by molar-refractivity contribution is 6.22. The van der Waals surface area contributed by atoms with Crippen molar-refractivity contribution in [2.75, 3.05) is 18.6 Å². The molecule has 1 aliphatic carbocycles. The Morgan fingerprint density at radius 3 is 2.40 bits per heavy atom. The van der Waals surface area contributed by atoms with Crippen LogP contribution in [0.2, 0.25) is 0 Å². The molecule has 1 saturated heterocycles. The third-order valence-electron chi connectivity index (χ3n) is 6.27. The average molecular weight is 478 g/mol. The number of carbonyl (C=O) groups is 4. The topological polar surface area (TPSA) is 133 Å². The summed E-state index contributed by atoms with van der Waals surface area (Å²) in [5.41, 5.74) is 0.0988. The molecule has 35 heavy (non-hydrogen) atoms. The fraction of sp³-hybridized carbons (Fsp3) is 0.280. The van der Waals surface area contributed by atoms with Crippen LogP contribution in [0.4, 0.5) is 11.4 Å². The quantitative estimate of drug-likeness (QED) is 0.148. The van der Waals surface area contributed by atoms with Gasteiger partial charge in [0.05, 0.1) is 35.1 Å². The number of amides is 2. The molecule has 2 amide bonds. The van der Waals surface area contributed by atoms with Crippen LogP contribution in [0.1, 0.15) is 34.1 Å². The molecule has 0 saturated carbocycles. The highest BCUT2D eigenvalue weighted by Gasteiger charge is 2.50. The first-order valence-corrected chi connectivity index (χ1v) is 10.9. The molecule has 2 aromatic rings. The summed E-state index contributed by atoms with van der Waals surface area (Å²) in [5, 5.41) is 11.1. The van der Waals surface area contributed by atoms with Gasteiger partial charge in [0.15, 0.2) is 12.4 Å². The van der Waals surface area contributed by atoms with Gasteiger partial charge in [-0.1, -0.05) is 19.1 Å². The third-order valence-corrected chi connectivity index (χ3v) is 6.27. The molecule has 10 heteroatoms. The molecule has 10 nitrogen and oxygen atoms in total. The number of carbonyl (C=O) groups excluding carboxylic acids is 4. The lowest BCUT2D eigenvalue weighted by Crippen LogP contribution is -2.31. The van der Waals surface area contributed by atoms with Crippen LogP contribution in [-0.2, 0) is 14.3 Å². The monoisotopic (exact) mass is 478 g/mol. The van der Waals surface area contributed by atoms with E-state index < -0.39 is 29.2 Å². The van der Waals surface area contributed by atoms with Crippen LogP contribution < -0.4 is 9.64 Å². The van der Waals surface area contributed by atoms with Gasteiger partial charge < -0.3 is 9.47 Å². The first-order chi connectivity index (χ1) is 16.7. The number of nitrogens with zero attached hydrogens (tertiary/aromatic N) is 2. The van der Waals surface area contributed by atoms with E-state index >= 15 is 0 Å². The molecule has 0 unspecified atom stereocenters. The van der Waals surface area contributed by atoms with E-state index in [4.69, 9.17) is 9.47 Å². The molecular formula is C25H22N2O8. The van der Waals surface area contributed by atoms with Gasteiger partial charge in [0.2, 0.25) is 17.6 Å². The minimum atomic E-state index is -0.793. The Morgan fingerprint density at radius 2 is 1.77 bits per heavy atom. The number of rotatable bonds is 7. The van der Waals surface area contributed by atoms with Crippen LogP contribution in [0, 0.1) is 27.9 Å². The molecule has 0 spiro atoms. The summed E-state index contributed by atoms with van der Waals surface area (Å²) in [6, 6.07) is 9.47. The lowest BCUT2D eigenvalue weighted by molar-refractivity contribution is -0.385. The highest BCUT2D eigenvalue weighted by atomic mass is 16.6. The normalized spacial score (nSPS) is 21.0. The number of imide groups is 1. The van der Waals surface area contributed by atoms with E-state index in [2.05, 4.69) is 0 Å². The number of esters is 1. The molecule has 2 aliphatic rings. The number of allylic oxidation sites excluding steroid dienone is 2. The summed E-state index contributed by atoms with van der Waals surface area (Å²) in [4.78, 5) is 62.1. The summed E-state index contributed by atoms with van der Waals surface area (Å²) < 4.78 is 9.96. The standard InChI is InChI=1S/C25H22N2O8/c1-14-4-3-5-18-22(14)24(30)26(23(18)29)17-9-6-15(7-10-17)25(31)35-13-20(28)16-8-11-21(34-2)19(12-16)27(32)33/h3-4,6-12,14,18,22H,5,13H2,1-2H3/t14-,18-,22+/m1/s1. The number of fused-ring (bicyclic) bond motifs is 1. The Morgan fingerprint density at radius 1 is 1.09 bits per heavy atom. The van der Waals surface area contributed by atoms with Crippen molar-refractivity contribution in [3.63, 3.8) is 0 Å². The molecule has 180 valence electrons. The first-order valence-electron chi connectivity index (χ1n) is 10.9. The van der Waals surface area contributed by atoms with Crippen molar-refractivity contribution < 1.29 is 33.6 Å². The number of Topliss-reactive ketones (excluding diaryl/α,β-unsaturated/α-hetero) is 1. The maximum Gasteiger partial charge on any atom is 0.338 e. The maximum atomic E-state index is 12.9. The lowest BCUT2D eigenvalue weighted by atomic mass is 9.78. The van der Waals surface area contributed by atoms with Crippen molar-refractivity contribution in [3.05, 3.63) is 75.9 Å². The van der Waals surface area contributed by atoms with Crippen molar-refractivity contribution >= 4 is 34.9 Å². The number of hydrogen-bond acceptors (Lipinski definition) is 8. The molecule has 0 radical (unpaired) electrons. The van der Waals surface area contributed by atoms with Gasteiger partial charge in [-0.25, -0.2) is 4.79 Å². The molecular weight excluding hydrogens is 456 g/mol. The van der Waals surface area contributed by atoms with Crippen LogP contribution >= 0.6 is 0 Å². The Bertz CT molecular complexity index is 1250. The molecule has 0 aromatic heterocycles. The Labute approximate surface area is 200 Å². The van der Waals surface area contributed by atoms with Gasteiger partial charge in [0.1, 0.15) is 0 Å². The highest BCUT2D eigenvalue weighted by Crippen LogP contribution is 2.40. The van der Waals surface area contributed by atoms with E-state index in [-0.39, 0.29) is 46.2 Å². The fourth-order valence-corrected chi connectivity index (χ4v) is 4.45. The Kier molecular flexibility index (Phi) is 6.46. The van der Waals surface area contributed by atoms with Gasteiger partial charge in [0, 0.05) is 11.6 Å². The zero-order valence-corrected chi connectivity index (χ0v) is 19.0. The van der Waals surface area contributed by atoms with Crippen molar-refractivity contribution in [1.82, 2.24) is 0 Å². The molecule has 2 aromatic carbocycles. The number of nitro benzene ring substituents is 1. The van der Waals surface area contributed by atoms with E-state index in [1.165, 1.54) is 43.5 Å². The maximum absolute atomic E-state index is 12.9. The first kappa shape index (κ1) is 23.8. The van der Waals surface area contributed by atoms with Crippen molar-refractivity contribution in [2.45, 2.75) is 13.3 Å². The van der Waals surface area contributed by atoms with Crippen LogP contribution in [0.3, 0.4) is 0 Å². The Hall–Kier alpha value is -4.34. The van der Waals surface area contributed by atoms with Gasteiger partial charge in [-0.3, -0.25) is 29.4 Å². The molecule has 4 rings (SSSR count). The fourth-order valence-electron chi connectivity index (χ4n) is 4.45. The minimum Gasteiger partial charge on any atom is -0.490 e. The summed E-state index contributed by atoms with van der Waals surface area (Å²) in [7, 11) is 1.28. The zero-order chi connectivity index (χ0) is 25.3. The molecule has 0 bridgehead atoms. The number of ether oxygens (including phenoxy) is 2. The third kappa shape index (κ3) is 4.42. The van der Waals surface area contributed by atoms with Gasteiger partial charge >= 0.3 is 11.7 Å². The van der Waals surface area contributed by atoms with Crippen LogP contribution in [0.15, 0.2) is 54.6 Å². The number of ketones is 1. The van der Waals surface area contributed by atoms with Gasteiger partial charge in [-0.2, -0.15) is 0 Å². The SMILES string of the molecule is COc1ccc(C(=O)COC(=O)c2ccc(N3C(=O)[C@H]4[C@H](C)C=CC[C@H]4C3=O)cc2)cc1[N+](=O)[O-]. The van der Waals surface area contributed by atoms with Gasteiger partial charge in [0.25, 0.3) is 0 Å². The number of benzene rings is 2. The van der Waals surface area contributed by atoms with Crippen molar-refractivity contribution in [2.24, 2.45) is 17.8 Å². The predicted molar refractivity (Wildman–Crippen MR) is 123 cm³/mol. The van der Waals surface area contributed by atoms with E-state index in [0.29, 0.717) is 12.1 Å². The molecule has 1 aliphatic heterocycles. The minimum absolute atomic E-state index is 0.00288. The van der Waals surface area contributed by atoms with E-state index in [0.717, 1.165) is 11.0 Å². The summed E-state index contributed by atoms with van der Waals surface area (Å²) in [6.45, 7) is 1.29. The van der Waals surface area contributed by atoms with Gasteiger partial charge in [-0.05, 0) is 48.7 Å². The van der Waals surface area contributed by atoms with E-state index in [9.17, 15) is 29.3 Å². The van der Waals surface area contributed by atoms with Crippen LogP contribution in [0.5, 0.6) is 5.75 Å². The van der Waals surface area contributed by atoms with Crippen molar-refractivity contribution in [3.8, 4) is 5.75 Å².